The number of carbonyl (C=O) groups is 3. The Morgan fingerprint density at radius 1 is 0.863 bits per heavy atom. The second-order valence-corrected chi connectivity index (χ2v) is 13.7. The summed E-state index contributed by atoms with van der Waals surface area (Å²) in [5, 5.41) is 25.5. The number of rotatable bonds is 16. The van der Waals surface area contributed by atoms with E-state index < -0.39 is 12.3 Å². The molecular weight excluding hydrogens is 667 g/mol. The maximum Gasteiger partial charge on any atom is 0.338 e. The second kappa shape index (κ2) is 18.6. The van der Waals surface area contributed by atoms with Crippen molar-refractivity contribution in [2.24, 2.45) is 5.92 Å². The maximum atomic E-state index is 12.6. The molecule has 4 unspecified atom stereocenters. The summed E-state index contributed by atoms with van der Waals surface area (Å²) >= 11 is 1.35. The van der Waals surface area contributed by atoms with Gasteiger partial charge in [-0.15, -0.1) is 11.8 Å². The minimum atomic E-state index is -1.03. The van der Waals surface area contributed by atoms with E-state index in [9.17, 15) is 24.6 Å². The van der Waals surface area contributed by atoms with Crippen LogP contribution in [0.4, 0.5) is 0 Å². The summed E-state index contributed by atoms with van der Waals surface area (Å²) in [6.07, 6.45) is 3.22. The van der Waals surface area contributed by atoms with E-state index in [1.54, 1.807) is 18.3 Å². The zero-order valence-electron chi connectivity index (χ0n) is 28.9. The fourth-order valence-corrected chi connectivity index (χ4v) is 7.20. The van der Waals surface area contributed by atoms with Gasteiger partial charge in [0.05, 0.1) is 24.4 Å². The van der Waals surface area contributed by atoms with Crippen LogP contribution in [0, 0.1) is 5.92 Å². The minimum Gasteiger partial charge on any atom is -0.478 e. The van der Waals surface area contributed by atoms with Crippen molar-refractivity contribution >= 4 is 29.5 Å². The predicted octanol–water partition coefficient (Wildman–Crippen LogP) is 6.84. The normalized spacial score (nSPS) is 18.6. The van der Waals surface area contributed by atoms with Crippen LogP contribution >= 0.6 is 11.8 Å². The fourth-order valence-electron chi connectivity index (χ4n) is 6.05. The molecule has 0 aliphatic carbocycles. The fraction of sp³-hybridized carbons (Fsp3) is 0.350. The van der Waals surface area contributed by atoms with Crippen molar-refractivity contribution in [3.05, 3.63) is 119 Å². The van der Waals surface area contributed by atoms with Gasteiger partial charge in [-0.05, 0) is 52.8 Å². The van der Waals surface area contributed by atoms with Crippen molar-refractivity contribution in [3.63, 3.8) is 0 Å². The zero-order valence-corrected chi connectivity index (χ0v) is 29.7. The lowest BCUT2D eigenvalue weighted by molar-refractivity contribution is -0.268. The Morgan fingerprint density at radius 2 is 1.61 bits per heavy atom. The third-order valence-corrected chi connectivity index (χ3v) is 10.0. The van der Waals surface area contributed by atoms with Gasteiger partial charge < -0.3 is 30.3 Å². The molecule has 5 rings (SSSR count). The van der Waals surface area contributed by atoms with E-state index in [0.29, 0.717) is 30.3 Å². The van der Waals surface area contributed by atoms with Crippen molar-refractivity contribution in [1.29, 1.82) is 0 Å². The van der Waals surface area contributed by atoms with Gasteiger partial charge in [0, 0.05) is 49.9 Å². The highest BCUT2D eigenvalue weighted by molar-refractivity contribution is 7.99. The van der Waals surface area contributed by atoms with Crippen LogP contribution in [0.3, 0.4) is 0 Å². The predicted molar refractivity (Wildman–Crippen MR) is 196 cm³/mol. The van der Waals surface area contributed by atoms with E-state index in [0.717, 1.165) is 52.6 Å². The third kappa shape index (κ3) is 10.5. The summed E-state index contributed by atoms with van der Waals surface area (Å²) in [5.41, 5.74) is 5.77. The van der Waals surface area contributed by atoms with Gasteiger partial charge in [-0.25, -0.2) is 9.78 Å². The lowest BCUT2D eigenvalue weighted by Crippen LogP contribution is -2.38. The minimum absolute atomic E-state index is 0.00370. The number of thioether (sulfide) groups is 1. The first-order chi connectivity index (χ1) is 24.7. The number of aromatic nitrogens is 1. The molecule has 2 heterocycles. The van der Waals surface area contributed by atoms with Gasteiger partial charge in [-0.1, -0.05) is 86.1 Å². The smallest absolute Gasteiger partial charge is 0.338 e. The number of nitrogens with zero attached hydrogens (tertiary/aromatic N) is 1. The Hall–Kier alpha value is -4.55. The number of aliphatic hydroxyl groups is 1. The van der Waals surface area contributed by atoms with E-state index in [1.165, 1.54) is 18.7 Å². The number of hydrogen-bond donors (Lipinski definition) is 4. The Bertz CT molecular complexity index is 1770. The highest BCUT2D eigenvalue weighted by Gasteiger charge is 2.38. The monoisotopic (exact) mass is 711 g/mol. The Kier molecular flexibility index (Phi) is 13.8. The number of carbonyl (C=O) groups excluding carboxylic acids is 2. The second-order valence-electron chi connectivity index (χ2n) is 12.6. The number of aliphatic hydroxyl groups excluding tert-OH is 1. The first-order valence-electron chi connectivity index (χ1n) is 17.2. The number of carboxylic acid groups (broad SMARTS) is 1. The van der Waals surface area contributed by atoms with Gasteiger partial charge in [-0.2, -0.15) is 0 Å². The maximum absolute atomic E-state index is 12.6. The summed E-state index contributed by atoms with van der Waals surface area (Å²) in [6.45, 7) is 4.55. The van der Waals surface area contributed by atoms with Gasteiger partial charge in [0.15, 0.2) is 6.29 Å². The molecule has 0 saturated carbocycles. The van der Waals surface area contributed by atoms with Crippen LogP contribution in [-0.2, 0) is 32.2 Å². The summed E-state index contributed by atoms with van der Waals surface area (Å²) in [5.74, 6) is -0.674. The Labute approximate surface area is 303 Å². The van der Waals surface area contributed by atoms with Crippen LogP contribution in [0.1, 0.15) is 84.5 Å². The molecule has 0 radical (unpaired) electrons. The Balaban J connectivity index is 1.28. The summed E-state index contributed by atoms with van der Waals surface area (Å²) in [4.78, 5) is 39.7. The van der Waals surface area contributed by atoms with Crippen molar-refractivity contribution in [2.75, 3.05) is 12.3 Å². The van der Waals surface area contributed by atoms with Crippen LogP contribution in [0.2, 0.25) is 0 Å². The van der Waals surface area contributed by atoms with Crippen molar-refractivity contribution in [1.82, 2.24) is 15.6 Å². The first kappa shape index (κ1) is 37.7. The van der Waals surface area contributed by atoms with Gasteiger partial charge in [-0.3, -0.25) is 9.59 Å². The molecule has 3 aromatic carbocycles. The SMILES string of the molecule is CC(=O)NCCCCCC(=O)NCc1ccccc1-c1ccc(C2OC(CSc3ncccc3C(=O)O)C(C)C(c3ccc(CO)cc3)O2)cc1. The van der Waals surface area contributed by atoms with Crippen LogP contribution in [0.5, 0.6) is 0 Å². The number of nitrogens with one attached hydrogen (secondary N) is 2. The van der Waals surface area contributed by atoms with E-state index >= 15 is 0 Å². The molecule has 268 valence electrons. The van der Waals surface area contributed by atoms with Crippen LogP contribution < -0.4 is 10.6 Å². The first-order valence-corrected chi connectivity index (χ1v) is 18.2. The van der Waals surface area contributed by atoms with Crippen LogP contribution in [0.15, 0.2) is 96.2 Å². The molecule has 4 aromatic rings. The number of carboxylic acids is 1. The molecule has 1 saturated heterocycles. The molecule has 10 nitrogen and oxygen atoms in total. The number of amides is 2. The average molecular weight is 712 g/mol. The van der Waals surface area contributed by atoms with E-state index in [2.05, 4.69) is 22.5 Å². The van der Waals surface area contributed by atoms with Crippen molar-refractivity contribution < 1.29 is 34.1 Å². The summed E-state index contributed by atoms with van der Waals surface area (Å²) in [7, 11) is 0. The quantitative estimate of drug-likeness (QED) is 0.0725. The molecule has 1 aliphatic rings. The zero-order chi connectivity index (χ0) is 36.2. The number of benzene rings is 3. The highest BCUT2D eigenvalue weighted by atomic mass is 32.2. The number of pyridine rings is 1. The highest BCUT2D eigenvalue weighted by Crippen LogP contribution is 2.43. The van der Waals surface area contributed by atoms with Crippen LogP contribution in [0.25, 0.3) is 11.1 Å². The van der Waals surface area contributed by atoms with Gasteiger partial charge in [0.25, 0.3) is 0 Å². The number of hydrogen-bond acceptors (Lipinski definition) is 8. The summed E-state index contributed by atoms with van der Waals surface area (Å²) < 4.78 is 13.2. The molecule has 11 heteroatoms. The molecule has 1 aromatic heterocycles. The lowest BCUT2D eigenvalue weighted by Gasteiger charge is -2.41. The lowest BCUT2D eigenvalue weighted by atomic mass is 9.91. The molecule has 1 aliphatic heterocycles. The third-order valence-electron chi connectivity index (χ3n) is 8.95. The molecule has 51 heavy (non-hydrogen) atoms. The number of ether oxygens (including phenoxy) is 2. The molecular formula is C40H45N3O7S. The molecule has 0 bridgehead atoms. The van der Waals surface area contributed by atoms with Crippen molar-refractivity contribution in [2.45, 2.75) is 76.2 Å². The van der Waals surface area contributed by atoms with Gasteiger partial charge in [0.2, 0.25) is 11.8 Å². The number of unbranched alkanes of at least 4 members (excludes halogenated alkanes) is 2. The van der Waals surface area contributed by atoms with Crippen molar-refractivity contribution in [3.8, 4) is 11.1 Å². The average Bonchev–Trinajstić information content (AvgIpc) is 3.15. The van der Waals surface area contributed by atoms with Gasteiger partial charge in [0.1, 0.15) is 5.03 Å². The largest absolute Gasteiger partial charge is 0.478 e. The van der Waals surface area contributed by atoms with E-state index in [4.69, 9.17) is 9.47 Å². The standard InChI is InChI=1S/C40H45N3O7S/c1-26-35(25-51-38-34(39(47)48)11-8-22-42-38)49-40(50-37(26)30-15-13-28(24-44)14-16-30)31-19-17-29(18-20-31)33-10-6-5-9-32(33)23-43-36(46)12-4-3-7-21-41-27(2)45/h5-6,8-11,13-20,22,26,35,37,40,44H,3-4,7,12,21,23-25H2,1-2H3,(H,41,45)(H,43,46)(H,47,48). The molecule has 0 spiro atoms. The molecule has 1 fully saturated rings. The van der Waals surface area contributed by atoms with E-state index in [1.807, 2.05) is 72.8 Å². The van der Waals surface area contributed by atoms with E-state index in [-0.39, 0.29) is 42.1 Å². The summed E-state index contributed by atoms with van der Waals surface area (Å²) in [6, 6.07) is 26.9. The van der Waals surface area contributed by atoms with Crippen LogP contribution in [-0.4, -0.2) is 51.4 Å². The topological polar surface area (TPSA) is 147 Å². The molecule has 4 atom stereocenters. The molecule has 4 N–H and O–H groups in total. The van der Waals surface area contributed by atoms with Gasteiger partial charge >= 0.3 is 5.97 Å². The molecule has 2 amide bonds. The number of aromatic carboxylic acids is 1. The Morgan fingerprint density at radius 3 is 2.33 bits per heavy atom.